The molecule has 1 aliphatic heterocycles. The molecule has 0 amide bonds. The maximum Gasteiger partial charge on any atom is 0.126 e. The largest absolute Gasteiger partial charge is 0.312 e. The lowest BCUT2D eigenvalue weighted by Crippen LogP contribution is -2.25. The average molecular weight is 334 g/mol. The Morgan fingerprint density at radius 3 is 2.75 bits per heavy atom. The lowest BCUT2D eigenvalue weighted by atomic mass is 9.93. The van der Waals surface area contributed by atoms with Gasteiger partial charge in [-0.05, 0) is 42.3 Å². The number of halogens is 4. The van der Waals surface area contributed by atoms with Gasteiger partial charge in [-0.25, -0.2) is 4.39 Å². The van der Waals surface area contributed by atoms with Crippen LogP contribution in [0.2, 0.25) is 10.0 Å². The third-order valence-electron chi connectivity index (χ3n) is 3.29. The molecule has 0 aliphatic carbocycles. The van der Waals surface area contributed by atoms with Crippen molar-refractivity contribution in [1.29, 1.82) is 0 Å². The van der Waals surface area contributed by atoms with E-state index in [0.717, 1.165) is 23.2 Å². The molecule has 1 aromatic carbocycles. The van der Waals surface area contributed by atoms with Gasteiger partial charge in [-0.1, -0.05) is 23.2 Å². The molecule has 0 radical (unpaired) electrons. The molecule has 0 fully saturated rings. The first-order valence-electron chi connectivity index (χ1n) is 5.99. The number of hydrogen-bond acceptors (Lipinski definition) is 2. The van der Waals surface area contributed by atoms with Gasteiger partial charge in [-0.2, -0.15) is 0 Å². The second-order valence-corrected chi connectivity index (χ2v) is 5.31. The molecule has 2 heterocycles. The van der Waals surface area contributed by atoms with Crippen molar-refractivity contribution in [2.45, 2.75) is 13.0 Å². The van der Waals surface area contributed by atoms with E-state index in [1.165, 1.54) is 6.07 Å². The summed E-state index contributed by atoms with van der Waals surface area (Å²) in [6.45, 7) is 1.41. The highest BCUT2D eigenvalue weighted by molar-refractivity contribution is 6.36. The molecule has 0 saturated carbocycles. The highest BCUT2D eigenvalue weighted by Gasteiger charge is 2.19. The molecule has 0 spiro atoms. The summed E-state index contributed by atoms with van der Waals surface area (Å²) in [7, 11) is 0. The van der Waals surface area contributed by atoms with Crippen LogP contribution < -0.4 is 5.32 Å². The van der Waals surface area contributed by atoms with Crippen LogP contribution >= 0.6 is 35.6 Å². The van der Waals surface area contributed by atoms with E-state index in [4.69, 9.17) is 23.2 Å². The Labute approximate surface area is 132 Å². The summed E-state index contributed by atoms with van der Waals surface area (Å²) in [5.41, 5.74) is 3.20. The van der Waals surface area contributed by atoms with Gasteiger partial charge in [0.05, 0.1) is 15.7 Å². The maximum absolute atomic E-state index is 13.8. The number of fused-ring (bicyclic) bond motifs is 1. The first-order chi connectivity index (χ1) is 9.16. The van der Waals surface area contributed by atoms with Gasteiger partial charge in [0.25, 0.3) is 0 Å². The van der Waals surface area contributed by atoms with E-state index >= 15 is 0 Å². The zero-order chi connectivity index (χ0) is 13.4. The summed E-state index contributed by atoms with van der Waals surface area (Å²) in [5.74, 6) is -0.162. The zero-order valence-electron chi connectivity index (χ0n) is 10.4. The molecule has 20 heavy (non-hydrogen) atoms. The van der Waals surface area contributed by atoms with Gasteiger partial charge < -0.3 is 5.32 Å². The molecule has 2 nitrogen and oxygen atoms in total. The normalized spacial score (nSPS) is 13.6. The summed E-state index contributed by atoms with van der Waals surface area (Å²) in [6, 6.07) is 4.85. The maximum atomic E-state index is 13.8. The van der Waals surface area contributed by atoms with Crippen LogP contribution in [0.5, 0.6) is 0 Å². The summed E-state index contributed by atoms with van der Waals surface area (Å²) in [6.07, 6.45) is 2.23. The van der Waals surface area contributed by atoms with Gasteiger partial charge in [0.2, 0.25) is 0 Å². The second-order valence-electron chi connectivity index (χ2n) is 4.46. The van der Waals surface area contributed by atoms with Crippen LogP contribution in [0.4, 0.5) is 4.39 Å². The van der Waals surface area contributed by atoms with E-state index < -0.39 is 0 Å². The molecule has 6 heteroatoms. The van der Waals surface area contributed by atoms with Crippen molar-refractivity contribution >= 4 is 35.6 Å². The molecule has 0 saturated heterocycles. The highest BCUT2D eigenvalue weighted by Crippen LogP contribution is 2.33. The van der Waals surface area contributed by atoms with Crippen LogP contribution in [0.25, 0.3) is 11.3 Å². The Bertz CT molecular complexity index is 647. The van der Waals surface area contributed by atoms with Crippen molar-refractivity contribution in [3.05, 3.63) is 51.4 Å². The van der Waals surface area contributed by atoms with Gasteiger partial charge in [0.15, 0.2) is 0 Å². The molecule has 106 valence electrons. The number of aromatic nitrogens is 1. The minimum Gasteiger partial charge on any atom is -0.312 e. The third kappa shape index (κ3) is 2.77. The van der Waals surface area contributed by atoms with Crippen LogP contribution in [0.15, 0.2) is 24.4 Å². The number of hydrogen-bond donors (Lipinski definition) is 1. The molecule has 0 atom stereocenters. The van der Waals surface area contributed by atoms with Gasteiger partial charge in [0.1, 0.15) is 5.82 Å². The minimum atomic E-state index is -0.162. The molecule has 1 N–H and O–H groups in total. The van der Waals surface area contributed by atoms with Crippen LogP contribution in [0.1, 0.15) is 11.1 Å². The lowest BCUT2D eigenvalue weighted by molar-refractivity contribution is 0.570. The van der Waals surface area contributed by atoms with Gasteiger partial charge in [0, 0.05) is 18.3 Å². The van der Waals surface area contributed by atoms with Crippen LogP contribution in [0.3, 0.4) is 0 Å². The van der Waals surface area contributed by atoms with Gasteiger partial charge >= 0.3 is 0 Å². The smallest absolute Gasteiger partial charge is 0.126 e. The third-order valence-corrected chi connectivity index (χ3v) is 3.79. The van der Waals surface area contributed by atoms with E-state index in [-0.39, 0.29) is 18.2 Å². The van der Waals surface area contributed by atoms with Crippen LogP contribution in [-0.2, 0) is 13.0 Å². The quantitative estimate of drug-likeness (QED) is 0.843. The molecular weight excluding hydrogens is 322 g/mol. The van der Waals surface area contributed by atoms with Crippen molar-refractivity contribution in [3.8, 4) is 11.3 Å². The van der Waals surface area contributed by atoms with Crippen molar-refractivity contribution in [3.63, 3.8) is 0 Å². The van der Waals surface area contributed by atoms with E-state index in [1.807, 2.05) is 0 Å². The molecule has 0 bridgehead atoms. The highest BCUT2D eigenvalue weighted by atomic mass is 35.5. The Morgan fingerprint density at radius 2 is 2.00 bits per heavy atom. The topological polar surface area (TPSA) is 24.9 Å². The Kier molecular flexibility index (Phi) is 4.86. The number of benzene rings is 1. The SMILES string of the molecule is Cl.Fc1ccc(-c2ncc(Cl)cc2Cl)c2c1CCNC2. The van der Waals surface area contributed by atoms with Gasteiger partial charge in [-0.3, -0.25) is 4.98 Å². The number of nitrogens with one attached hydrogen (secondary N) is 1. The molecular formula is C14H12Cl3FN2. The van der Waals surface area contributed by atoms with Crippen molar-refractivity contribution in [1.82, 2.24) is 10.3 Å². The predicted molar refractivity (Wildman–Crippen MR) is 82.3 cm³/mol. The minimum absolute atomic E-state index is 0. The summed E-state index contributed by atoms with van der Waals surface area (Å²) < 4.78 is 13.8. The molecule has 3 rings (SSSR count). The second kappa shape index (κ2) is 6.27. The van der Waals surface area contributed by atoms with E-state index in [9.17, 15) is 4.39 Å². The monoisotopic (exact) mass is 332 g/mol. The summed E-state index contributed by atoms with van der Waals surface area (Å²) in [4.78, 5) is 4.27. The number of nitrogens with zero attached hydrogens (tertiary/aromatic N) is 1. The van der Waals surface area contributed by atoms with Gasteiger partial charge in [-0.15, -0.1) is 12.4 Å². The van der Waals surface area contributed by atoms with Crippen molar-refractivity contribution in [2.24, 2.45) is 0 Å². The average Bonchev–Trinajstić information content (AvgIpc) is 2.41. The number of pyridine rings is 1. The molecule has 2 aromatic rings. The van der Waals surface area contributed by atoms with Crippen molar-refractivity contribution < 1.29 is 4.39 Å². The fourth-order valence-corrected chi connectivity index (χ4v) is 2.88. The fraction of sp³-hybridized carbons (Fsp3) is 0.214. The van der Waals surface area contributed by atoms with Crippen molar-refractivity contribution in [2.75, 3.05) is 6.54 Å². The lowest BCUT2D eigenvalue weighted by Gasteiger charge is -2.21. The van der Waals surface area contributed by atoms with E-state index in [2.05, 4.69) is 10.3 Å². The Hall–Kier alpha value is -0.870. The molecule has 0 unspecified atom stereocenters. The van der Waals surface area contributed by atoms with Crippen LogP contribution in [0, 0.1) is 5.82 Å². The van der Waals surface area contributed by atoms with E-state index in [0.29, 0.717) is 28.7 Å². The fourth-order valence-electron chi connectivity index (χ4n) is 2.40. The Balaban J connectivity index is 0.00000147. The first-order valence-corrected chi connectivity index (χ1v) is 6.75. The van der Waals surface area contributed by atoms with Crippen LogP contribution in [-0.4, -0.2) is 11.5 Å². The molecule has 1 aliphatic rings. The molecule has 1 aromatic heterocycles. The summed E-state index contributed by atoms with van der Waals surface area (Å²) >= 11 is 12.0. The Morgan fingerprint density at radius 1 is 1.20 bits per heavy atom. The summed E-state index contributed by atoms with van der Waals surface area (Å²) in [5, 5.41) is 4.21. The standard InChI is InChI=1S/C14H11Cl2FN2.ClH/c15-8-5-12(16)14(19-6-8)10-1-2-13(17)9-3-4-18-7-11(9)10;/h1-2,5-6,18H,3-4,7H2;1H. The number of rotatable bonds is 1. The predicted octanol–water partition coefficient (Wildman–Crippen LogP) is 4.26. The zero-order valence-corrected chi connectivity index (χ0v) is 12.7. The van der Waals surface area contributed by atoms with E-state index in [1.54, 1.807) is 18.3 Å². The first kappa shape index (κ1) is 15.5.